The van der Waals surface area contributed by atoms with Crippen molar-refractivity contribution in [3.63, 3.8) is 0 Å². The lowest BCUT2D eigenvalue weighted by atomic mass is 9.77. The summed E-state index contributed by atoms with van der Waals surface area (Å²) in [7, 11) is 0. The van der Waals surface area contributed by atoms with Crippen LogP contribution in [0.2, 0.25) is 0 Å². The molecule has 0 spiro atoms. The molecule has 0 radical (unpaired) electrons. The van der Waals surface area contributed by atoms with E-state index in [1.807, 2.05) is 12.1 Å². The van der Waals surface area contributed by atoms with E-state index >= 15 is 0 Å². The van der Waals surface area contributed by atoms with E-state index in [9.17, 15) is 38.4 Å². The molecule has 0 unspecified atom stereocenters. The molecule has 3 rings (SSSR count). The van der Waals surface area contributed by atoms with Crippen molar-refractivity contribution < 1.29 is 81.0 Å². The van der Waals surface area contributed by atoms with Gasteiger partial charge in [0.15, 0.2) is 0 Å². The molecule has 1 aliphatic rings. The van der Waals surface area contributed by atoms with Gasteiger partial charge in [0, 0.05) is 44.1 Å². The number of unbranched alkanes of at least 4 members (excludes halogenated alkanes) is 17. The van der Waals surface area contributed by atoms with Crippen LogP contribution in [0, 0.1) is 5.92 Å². The molecular weight excluding hydrogens is 1110 g/mol. The third-order valence-corrected chi connectivity index (χ3v) is 15.3. The fourth-order valence-corrected chi connectivity index (χ4v) is 10.0. The van der Waals surface area contributed by atoms with E-state index in [0.29, 0.717) is 197 Å². The fourth-order valence-electron chi connectivity index (χ4n) is 10.0. The Bertz CT molecular complexity index is 2230. The van der Waals surface area contributed by atoms with Crippen molar-refractivity contribution in [2.45, 2.75) is 251 Å². The van der Waals surface area contributed by atoms with Crippen molar-refractivity contribution in [2.75, 3.05) is 52.9 Å². The summed E-state index contributed by atoms with van der Waals surface area (Å²) >= 11 is 0. The third-order valence-electron chi connectivity index (χ3n) is 15.3. The van der Waals surface area contributed by atoms with Gasteiger partial charge in [-0.15, -0.1) is 0 Å². The van der Waals surface area contributed by atoms with Crippen LogP contribution in [0.5, 0.6) is 11.5 Å². The molecule has 87 heavy (non-hydrogen) atoms. The maximum atomic E-state index is 12.8. The van der Waals surface area contributed by atoms with Gasteiger partial charge in [-0.3, -0.25) is 28.8 Å². The zero-order valence-electron chi connectivity index (χ0n) is 53.0. The van der Waals surface area contributed by atoms with E-state index in [2.05, 4.69) is 25.6 Å². The highest BCUT2D eigenvalue weighted by Gasteiger charge is 2.22. The van der Waals surface area contributed by atoms with Crippen molar-refractivity contribution in [3.05, 3.63) is 71.8 Å². The lowest BCUT2D eigenvalue weighted by Crippen LogP contribution is -2.13. The molecule has 1 fully saturated rings. The van der Waals surface area contributed by atoms with Crippen molar-refractivity contribution in [1.29, 1.82) is 0 Å². The van der Waals surface area contributed by atoms with Crippen LogP contribution in [0.25, 0.3) is 0 Å². The van der Waals surface area contributed by atoms with E-state index in [1.165, 1.54) is 56.9 Å². The van der Waals surface area contributed by atoms with Gasteiger partial charge in [0.2, 0.25) is 0 Å². The molecule has 0 atom stereocenters. The average Bonchev–Trinajstić information content (AvgIpc) is 3.67. The van der Waals surface area contributed by atoms with Gasteiger partial charge in [0.1, 0.15) is 11.5 Å². The molecule has 17 nitrogen and oxygen atoms in total. The second kappa shape index (κ2) is 49.7. The molecule has 0 N–H and O–H groups in total. The van der Waals surface area contributed by atoms with E-state index in [0.717, 1.165) is 70.1 Å². The Labute approximate surface area is 519 Å². The molecule has 17 heteroatoms. The van der Waals surface area contributed by atoms with Crippen molar-refractivity contribution >= 4 is 47.8 Å². The molecule has 1 aliphatic carbocycles. The minimum atomic E-state index is -0.405. The smallest absolute Gasteiger partial charge is 0.343 e. The molecule has 0 aromatic heterocycles. The first-order chi connectivity index (χ1) is 42.3. The fraction of sp³-hybridized carbons (Fsp3) is 0.686. The molecule has 0 amide bonds. The summed E-state index contributed by atoms with van der Waals surface area (Å²) in [6.07, 6.45) is 28.1. The quantitative estimate of drug-likeness (QED) is 0.0198. The summed E-state index contributed by atoms with van der Waals surface area (Å²) in [5.41, 5.74) is 2.17. The van der Waals surface area contributed by atoms with Crippen LogP contribution in [0.3, 0.4) is 0 Å². The standard InChI is InChI=1S/C70H106O17/c1-4-5-14-29-57-36-38-58(39-37-57)59-40-46-62(47-41-59)87-70(78)60-42-44-61(45-43-60)79-48-21-6-7-22-49-80-63(71)30-15-8-23-50-81-64(72)31-16-9-24-51-82-65(73)32-17-10-25-52-83-66(74)33-18-11-26-53-84-67(75)34-19-12-27-54-85-68(76)35-20-13-28-55-86-69(77)56(2)3/h40-47,57-58H,2,4-39,48-55H2,1,3H3/t57-,58-. The molecule has 0 bridgehead atoms. The summed E-state index contributed by atoms with van der Waals surface area (Å²) in [6, 6.07) is 15.1. The van der Waals surface area contributed by atoms with Gasteiger partial charge in [-0.1, -0.05) is 51.3 Å². The molecule has 1 saturated carbocycles. The normalized spacial score (nSPS) is 13.6. The molecule has 0 heterocycles. The predicted molar refractivity (Wildman–Crippen MR) is 333 cm³/mol. The van der Waals surface area contributed by atoms with Gasteiger partial charge in [0.05, 0.1) is 58.4 Å². The van der Waals surface area contributed by atoms with Gasteiger partial charge >= 0.3 is 47.8 Å². The average molecular weight is 1220 g/mol. The van der Waals surface area contributed by atoms with Gasteiger partial charge in [-0.2, -0.15) is 0 Å². The van der Waals surface area contributed by atoms with E-state index in [4.69, 9.17) is 42.6 Å². The Kier molecular flexibility index (Phi) is 42.8. The van der Waals surface area contributed by atoms with Crippen LogP contribution in [0.4, 0.5) is 0 Å². The maximum absolute atomic E-state index is 12.8. The molecule has 0 aliphatic heterocycles. The Hall–Kier alpha value is -6.26. The zero-order chi connectivity index (χ0) is 62.8. The van der Waals surface area contributed by atoms with E-state index < -0.39 is 11.9 Å². The first-order valence-electron chi connectivity index (χ1n) is 33.1. The lowest BCUT2D eigenvalue weighted by molar-refractivity contribution is -0.146. The highest BCUT2D eigenvalue weighted by molar-refractivity contribution is 5.91. The van der Waals surface area contributed by atoms with Crippen LogP contribution < -0.4 is 9.47 Å². The van der Waals surface area contributed by atoms with Gasteiger partial charge in [-0.05, 0) is 228 Å². The number of rotatable bonds is 52. The minimum absolute atomic E-state index is 0.216. The van der Waals surface area contributed by atoms with Crippen molar-refractivity contribution in [3.8, 4) is 11.5 Å². The first-order valence-corrected chi connectivity index (χ1v) is 33.1. The second-order valence-corrected chi connectivity index (χ2v) is 23.1. The van der Waals surface area contributed by atoms with Crippen LogP contribution in [0.1, 0.15) is 267 Å². The molecular formula is C70H106O17. The van der Waals surface area contributed by atoms with Crippen LogP contribution in [0.15, 0.2) is 60.7 Å². The van der Waals surface area contributed by atoms with Crippen LogP contribution >= 0.6 is 0 Å². The van der Waals surface area contributed by atoms with E-state index in [-0.39, 0.29) is 35.8 Å². The van der Waals surface area contributed by atoms with Gasteiger partial charge in [0.25, 0.3) is 0 Å². The van der Waals surface area contributed by atoms with Crippen LogP contribution in [-0.4, -0.2) is 101 Å². The number of hydrogen-bond donors (Lipinski definition) is 0. The summed E-state index contributed by atoms with van der Waals surface area (Å²) in [5.74, 6) is 0.386. The molecule has 2 aromatic carbocycles. The Morgan fingerprint density at radius 3 is 1.07 bits per heavy atom. The number of benzene rings is 2. The zero-order valence-corrected chi connectivity index (χ0v) is 53.0. The summed E-state index contributed by atoms with van der Waals surface area (Å²) in [5, 5.41) is 0. The summed E-state index contributed by atoms with van der Waals surface area (Å²) in [4.78, 5) is 96.5. The maximum Gasteiger partial charge on any atom is 0.343 e. The monoisotopic (exact) mass is 1220 g/mol. The summed E-state index contributed by atoms with van der Waals surface area (Å²) < 4.78 is 48.4. The third kappa shape index (κ3) is 40.0. The molecule has 0 saturated heterocycles. The molecule has 488 valence electrons. The number of esters is 8. The Balaban J connectivity index is 0.997. The number of carbonyl (C=O) groups excluding carboxylic acids is 8. The number of ether oxygens (including phenoxy) is 9. The minimum Gasteiger partial charge on any atom is -0.494 e. The Morgan fingerprint density at radius 1 is 0.379 bits per heavy atom. The lowest BCUT2D eigenvalue weighted by Gasteiger charge is -2.29. The topological polar surface area (TPSA) is 220 Å². The van der Waals surface area contributed by atoms with E-state index in [1.54, 1.807) is 31.2 Å². The van der Waals surface area contributed by atoms with Crippen LogP contribution in [-0.2, 0) is 66.7 Å². The largest absolute Gasteiger partial charge is 0.494 e. The van der Waals surface area contributed by atoms with Crippen molar-refractivity contribution in [1.82, 2.24) is 0 Å². The van der Waals surface area contributed by atoms with Gasteiger partial charge < -0.3 is 42.6 Å². The Morgan fingerprint density at radius 2 is 0.713 bits per heavy atom. The molecule has 2 aromatic rings. The SMILES string of the molecule is C=C(C)C(=O)OCCCCCC(=O)OCCCCCC(=O)OCCCCCC(=O)OCCCCCC(=O)OCCCCCC(=O)OCCCCCC(=O)OCCCCCCOc1ccc(C(=O)Oc2ccc([C@H]3CC[C@H](CCCCC)CC3)cc2)cc1. The predicted octanol–water partition coefficient (Wildman–Crippen LogP) is 15.4. The van der Waals surface area contributed by atoms with Crippen molar-refractivity contribution in [2.24, 2.45) is 5.92 Å². The number of carbonyl (C=O) groups is 8. The highest BCUT2D eigenvalue weighted by atomic mass is 16.6. The highest BCUT2D eigenvalue weighted by Crippen LogP contribution is 2.38. The summed E-state index contributed by atoms with van der Waals surface area (Å²) in [6.45, 7) is 10.2. The second-order valence-electron chi connectivity index (χ2n) is 23.1. The first kappa shape index (κ1) is 75.0. The number of hydrogen-bond acceptors (Lipinski definition) is 17. The van der Waals surface area contributed by atoms with Gasteiger partial charge in [-0.25, -0.2) is 9.59 Å².